The Balaban J connectivity index is 2.16. The molecule has 1 aromatic heterocycles. The summed E-state index contributed by atoms with van der Waals surface area (Å²) in [5, 5.41) is 6.10. The molecular weight excluding hydrogens is 282 g/mol. The van der Waals surface area contributed by atoms with Gasteiger partial charge in [-0.3, -0.25) is 4.79 Å². The minimum absolute atomic E-state index is 0.0141. The number of anilines is 1. The molecule has 0 radical (unpaired) electrons. The van der Waals surface area contributed by atoms with Gasteiger partial charge in [0.25, 0.3) is 5.91 Å². The minimum atomic E-state index is -0.0844. The number of hydrogen-bond donors (Lipinski definition) is 2. The molecule has 1 aromatic rings. The van der Waals surface area contributed by atoms with E-state index >= 15 is 0 Å². The molecule has 0 aromatic carbocycles. The summed E-state index contributed by atoms with van der Waals surface area (Å²) < 4.78 is 0.279. The van der Waals surface area contributed by atoms with Crippen LogP contribution < -0.4 is 10.6 Å². The number of amides is 1. The SMILES string of the molecule is CNc1cc(C(=O)NCC2(SC)CC2)cc(C(C)(C)C)n1. The molecule has 4 nitrogen and oxygen atoms in total. The van der Waals surface area contributed by atoms with Gasteiger partial charge in [0.2, 0.25) is 0 Å². The topological polar surface area (TPSA) is 54.0 Å². The first-order chi connectivity index (χ1) is 9.79. The monoisotopic (exact) mass is 307 g/mol. The maximum absolute atomic E-state index is 12.4. The van der Waals surface area contributed by atoms with Crippen molar-refractivity contribution in [3.63, 3.8) is 0 Å². The van der Waals surface area contributed by atoms with Gasteiger partial charge >= 0.3 is 0 Å². The fourth-order valence-corrected chi connectivity index (χ4v) is 2.84. The van der Waals surface area contributed by atoms with Crippen molar-refractivity contribution in [2.75, 3.05) is 25.2 Å². The van der Waals surface area contributed by atoms with Gasteiger partial charge < -0.3 is 10.6 Å². The van der Waals surface area contributed by atoms with Gasteiger partial charge in [-0.1, -0.05) is 20.8 Å². The molecule has 1 saturated carbocycles. The van der Waals surface area contributed by atoms with Gasteiger partial charge in [-0.25, -0.2) is 4.98 Å². The molecule has 0 unspecified atom stereocenters. The molecule has 1 amide bonds. The highest BCUT2D eigenvalue weighted by molar-refractivity contribution is 8.00. The van der Waals surface area contributed by atoms with Crippen LogP contribution >= 0.6 is 11.8 Å². The average molecular weight is 307 g/mol. The summed E-state index contributed by atoms with van der Waals surface area (Å²) in [4.78, 5) is 17.0. The van der Waals surface area contributed by atoms with Crippen LogP contribution in [0.15, 0.2) is 12.1 Å². The average Bonchev–Trinajstić information content (AvgIpc) is 3.24. The largest absolute Gasteiger partial charge is 0.373 e. The van der Waals surface area contributed by atoms with Gasteiger partial charge in [-0.15, -0.1) is 0 Å². The van der Waals surface area contributed by atoms with E-state index < -0.39 is 0 Å². The van der Waals surface area contributed by atoms with Crippen LogP contribution in [0.1, 0.15) is 49.7 Å². The molecular formula is C16H25N3OS. The van der Waals surface area contributed by atoms with Crippen LogP contribution in [-0.2, 0) is 5.41 Å². The molecule has 1 aliphatic carbocycles. The highest BCUT2D eigenvalue weighted by atomic mass is 32.2. The molecule has 2 N–H and O–H groups in total. The Morgan fingerprint density at radius 2 is 2.05 bits per heavy atom. The van der Waals surface area contributed by atoms with Crippen molar-refractivity contribution in [1.29, 1.82) is 0 Å². The van der Waals surface area contributed by atoms with E-state index in [4.69, 9.17) is 0 Å². The van der Waals surface area contributed by atoms with E-state index in [1.807, 2.05) is 30.9 Å². The zero-order chi connectivity index (χ0) is 15.7. The lowest BCUT2D eigenvalue weighted by Gasteiger charge is -2.20. The van der Waals surface area contributed by atoms with Crippen molar-refractivity contribution in [3.05, 3.63) is 23.4 Å². The maximum Gasteiger partial charge on any atom is 0.251 e. The Kier molecular flexibility index (Phi) is 4.51. The fourth-order valence-electron chi connectivity index (χ4n) is 2.11. The second-order valence-electron chi connectivity index (χ2n) is 6.70. The first kappa shape index (κ1) is 16.1. The number of thioether (sulfide) groups is 1. The van der Waals surface area contributed by atoms with Crippen LogP contribution in [0.3, 0.4) is 0 Å². The molecule has 1 fully saturated rings. The summed E-state index contributed by atoms with van der Waals surface area (Å²) in [5.41, 5.74) is 1.51. The number of nitrogens with zero attached hydrogens (tertiary/aromatic N) is 1. The number of hydrogen-bond acceptors (Lipinski definition) is 4. The Morgan fingerprint density at radius 1 is 1.38 bits per heavy atom. The molecule has 0 saturated heterocycles. The van der Waals surface area contributed by atoms with Gasteiger partial charge in [0.15, 0.2) is 0 Å². The summed E-state index contributed by atoms with van der Waals surface area (Å²) in [5.74, 6) is 0.721. The van der Waals surface area contributed by atoms with Crippen LogP contribution in [0.4, 0.5) is 5.82 Å². The quantitative estimate of drug-likeness (QED) is 0.878. The normalized spacial score (nSPS) is 16.4. The van der Waals surface area contributed by atoms with E-state index in [1.165, 1.54) is 12.8 Å². The molecule has 5 heteroatoms. The highest BCUT2D eigenvalue weighted by Crippen LogP contribution is 2.46. The van der Waals surface area contributed by atoms with E-state index in [1.54, 1.807) is 0 Å². The van der Waals surface area contributed by atoms with E-state index in [-0.39, 0.29) is 16.1 Å². The number of rotatable bonds is 5. The maximum atomic E-state index is 12.4. The van der Waals surface area contributed by atoms with Crippen molar-refractivity contribution < 1.29 is 4.79 Å². The van der Waals surface area contributed by atoms with Crippen molar-refractivity contribution in [3.8, 4) is 0 Å². The third kappa shape index (κ3) is 3.90. The Labute approximate surface area is 131 Å². The van der Waals surface area contributed by atoms with Crippen LogP contribution in [0.2, 0.25) is 0 Å². The second-order valence-corrected chi connectivity index (χ2v) is 7.97. The zero-order valence-electron chi connectivity index (χ0n) is 13.5. The van der Waals surface area contributed by atoms with Gasteiger partial charge in [-0.05, 0) is 31.2 Å². The van der Waals surface area contributed by atoms with Gasteiger partial charge in [0.05, 0.1) is 0 Å². The molecule has 1 heterocycles. The Bertz CT molecular complexity index is 533. The summed E-state index contributed by atoms with van der Waals surface area (Å²) in [6.45, 7) is 7.05. The van der Waals surface area contributed by atoms with Crippen molar-refractivity contribution in [2.45, 2.75) is 43.8 Å². The molecule has 116 valence electrons. The van der Waals surface area contributed by atoms with Crippen molar-refractivity contribution >= 4 is 23.5 Å². The molecule has 2 rings (SSSR count). The summed E-state index contributed by atoms with van der Waals surface area (Å²) in [6.07, 6.45) is 4.50. The Hall–Kier alpha value is -1.23. The third-order valence-corrected chi connectivity index (χ3v) is 5.34. The van der Waals surface area contributed by atoms with E-state index in [0.29, 0.717) is 5.56 Å². The van der Waals surface area contributed by atoms with E-state index in [0.717, 1.165) is 18.1 Å². The first-order valence-corrected chi connectivity index (χ1v) is 8.56. The van der Waals surface area contributed by atoms with Crippen LogP contribution in [0, 0.1) is 0 Å². The predicted octanol–water partition coefficient (Wildman–Crippen LogP) is 3.05. The standard InChI is InChI=1S/C16H25N3OS/c1-15(2,3)12-8-11(9-13(17-4)19-12)14(20)18-10-16(21-5)6-7-16/h8-9H,6-7,10H2,1-5H3,(H,17,19)(H,18,20). The number of pyridine rings is 1. The van der Waals surface area contributed by atoms with Gasteiger partial charge in [0.1, 0.15) is 5.82 Å². The number of carbonyl (C=O) groups excluding carboxylic acids is 1. The predicted molar refractivity (Wildman–Crippen MR) is 90.3 cm³/mol. The number of aromatic nitrogens is 1. The summed E-state index contributed by atoms with van der Waals surface area (Å²) in [6, 6.07) is 3.71. The second kappa shape index (κ2) is 5.87. The fraction of sp³-hybridized carbons (Fsp3) is 0.625. The molecule has 0 aliphatic heterocycles. The van der Waals surface area contributed by atoms with Crippen LogP contribution in [-0.4, -0.2) is 35.5 Å². The lowest BCUT2D eigenvalue weighted by Crippen LogP contribution is -2.32. The number of nitrogens with one attached hydrogen (secondary N) is 2. The first-order valence-electron chi connectivity index (χ1n) is 7.33. The number of carbonyl (C=O) groups is 1. The Morgan fingerprint density at radius 3 is 2.52 bits per heavy atom. The third-order valence-electron chi connectivity index (χ3n) is 3.92. The molecule has 0 atom stereocenters. The highest BCUT2D eigenvalue weighted by Gasteiger charge is 2.42. The summed E-state index contributed by atoms with van der Waals surface area (Å²) >= 11 is 1.85. The molecule has 1 aliphatic rings. The van der Waals surface area contributed by atoms with Crippen molar-refractivity contribution in [2.24, 2.45) is 0 Å². The van der Waals surface area contributed by atoms with Crippen LogP contribution in [0.5, 0.6) is 0 Å². The molecule has 0 spiro atoms. The van der Waals surface area contributed by atoms with E-state index in [9.17, 15) is 4.79 Å². The van der Waals surface area contributed by atoms with Gasteiger partial charge in [-0.2, -0.15) is 11.8 Å². The lowest BCUT2D eigenvalue weighted by atomic mass is 9.90. The van der Waals surface area contributed by atoms with Gasteiger partial charge in [0, 0.05) is 35.0 Å². The van der Waals surface area contributed by atoms with Crippen LogP contribution in [0.25, 0.3) is 0 Å². The molecule has 21 heavy (non-hydrogen) atoms. The lowest BCUT2D eigenvalue weighted by molar-refractivity contribution is 0.0953. The smallest absolute Gasteiger partial charge is 0.251 e. The summed E-state index contributed by atoms with van der Waals surface area (Å²) in [7, 11) is 1.82. The zero-order valence-corrected chi connectivity index (χ0v) is 14.4. The van der Waals surface area contributed by atoms with E-state index in [2.05, 4.69) is 42.6 Å². The minimum Gasteiger partial charge on any atom is -0.373 e. The van der Waals surface area contributed by atoms with Crippen molar-refractivity contribution in [1.82, 2.24) is 10.3 Å². The molecule has 0 bridgehead atoms.